The highest BCUT2D eigenvalue weighted by atomic mass is 19.4. The van der Waals surface area contributed by atoms with Gasteiger partial charge in [-0.05, 0) is 30.7 Å². The van der Waals surface area contributed by atoms with Crippen molar-refractivity contribution in [1.29, 1.82) is 0 Å². The highest BCUT2D eigenvalue weighted by molar-refractivity contribution is 5.23. The summed E-state index contributed by atoms with van der Waals surface area (Å²) in [6.45, 7) is 0. The molecule has 0 spiro atoms. The van der Waals surface area contributed by atoms with Crippen molar-refractivity contribution in [1.82, 2.24) is 0 Å². The second-order valence-electron chi connectivity index (χ2n) is 4.54. The minimum Gasteiger partial charge on any atom is -0.171 e. The first-order chi connectivity index (χ1) is 8.04. The fourth-order valence-corrected chi connectivity index (χ4v) is 2.33. The summed E-state index contributed by atoms with van der Waals surface area (Å²) >= 11 is 0. The average molecular weight is 240 g/mol. The van der Waals surface area contributed by atoms with Gasteiger partial charge in [-0.1, -0.05) is 42.0 Å². The second-order valence-corrected chi connectivity index (χ2v) is 4.54. The molecule has 0 aromatic heterocycles. The van der Waals surface area contributed by atoms with E-state index in [1.54, 1.807) is 6.08 Å². The van der Waals surface area contributed by atoms with Crippen molar-refractivity contribution in [3.8, 4) is 0 Å². The molecule has 1 atom stereocenters. The Kier molecular flexibility index (Phi) is 3.55. The number of benzene rings is 1. The molecule has 1 aliphatic rings. The highest BCUT2D eigenvalue weighted by Gasteiger charge is 2.30. The Hall–Kier alpha value is -1.25. The van der Waals surface area contributed by atoms with Gasteiger partial charge in [0.2, 0.25) is 0 Å². The monoisotopic (exact) mass is 240 g/mol. The van der Waals surface area contributed by atoms with E-state index in [1.165, 1.54) is 5.56 Å². The summed E-state index contributed by atoms with van der Waals surface area (Å²) in [6.07, 6.45) is -0.908. The molecule has 3 heteroatoms. The molecule has 0 nitrogen and oxygen atoms in total. The Bertz CT molecular complexity index is 390. The smallest absolute Gasteiger partial charge is 0.171 e. The number of hydrogen-bond acceptors (Lipinski definition) is 0. The van der Waals surface area contributed by atoms with Crippen molar-refractivity contribution in [2.45, 2.75) is 37.8 Å². The predicted molar refractivity (Wildman–Crippen MR) is 61.8 cm³/mol. The van der Waals surface area contributed by atoms with Crippen LogP contribution in [0.5, 0.6) is 0 Å². The van der Waals surface area contributed by atoms with E-state index < -0.39 is 12.6 Å². The minimum atomic E-state index is -4.06. The van der Waals surface area contributed by atoms with Crippen LogP contribution < -0.4 is 0 Å². The van der Waals surface area contributed by atoms with E-state index in [0.29, 0.717) is 17.9 Å². The van der Waals surface area contributed by atoms with E-state index in [-0.39, 0.29) is 0 Å². The molecule has 0 saturated heterocycles. The molecule has 0 fully saturated rings. The Balaban J connectivity index is 1.98. The molecular weight excluding hydrogens is 225 g/mol. The molecule has 0 bridgehead atoms. The number of halogens is 3. The van der Waals surface area contributed by atoms with E-state index in [9.17, 15) is 13.2 Å². The predicted octanol–water partition coefficient (Wildman–Crippen LogP) is 4.83. The largest absolute Gasteiger partial charge is 0.392 e. The summed E-state index contributed by atoms with van der Waals surface area (Å²) in [6, 6.07) is 10.0. The summed E-state index contributed by atoms with van der Waals surface area (Å²) in [4.78, 5) is 0. The van der Waals surface area contributed by atoms with Gasteiger partial charge in [0.1, 0.15) is 0 Å². The van der Waals surface area contributed by atoms with Crippen LogP contribution in [0.3, 0.4) is 0 Å². The number of hydrogen-bond donors (Lipinski definition) is 0. The number of allylic oxidation sites excluding steroid dienone is 2. The highest BCUT2D eigenvalue weighted by Crippen LogP contribution is 2.36. The molecule has 2 rings (SSSR count). The van der Waals surface area contributed by atoms with E-state index in [4.69, 9.17) is 0 Å². The van der Waals surface area contributed by atoms with E-state index in [1.807, 2.05) is 30.3 Å². The van der Waals surface area contributed by atoms with Crippen LogP contribution in [0.4, 0.5) is 13.2 Å². The first kappa shape index (κ1) is 12.2. The van der Waals surface area contributed by atoms with Crippen LogP contribution in [-0.4, -0.2) is 6.18 Å². The van der Waals surface area contributed by atoms with Gasteiger partial charge in [-0.2, -0.15) is 13.2 Å². The maximum Gasteiger partial charge on any atom is 0.392 e. The van der Waals surface area contributed by atoms with Crippen molar-refractivity contribution in [2.75, 3.05) is 0 Å². The van der Waals surface area contributed by atoms with Crippen LogP contribution in [0, 0.1) is 0 Å². The molecule has 0 N–H and O–H groups in total. The molecule has 0 saturated carbocycles. The molecule has 1 unspecified atom stereocenters. The zero-order valence-corrected chi connectivity index (χ0v) is 9.50. The first-order valence-electron chi connectivity index (χ1n) is 5.84. The Morgan fingerprint density at radius 3 is 2.35 bits per heavy atom. The molecule has 1 aromatic rings. The number of rotatable bonds is 2. The summed E-state index contributed by atoms with van der Waals surface area (Å²) in [7, 11) is 0. The van der Waals surface area contributed by atoms with Gasteiger partial charge in [0.25, 0.3) is 0 Å². The van der Waals surface area contributed by atoms with Crippen molar-refractivity contribution in [2.24, 2.45) is 0 Å². The molecule has 92 valence electrons. The minimum absolute atomic E-state index is 0.383. The fraction of sp³-hybridized carbons (Fsp3) is 0.429. The van der Waals surface area contributed by atoms with Crippen LogP contribution in [0.15, 0.2) is 42.0 Å². The van der Waals surface area contributed by atoms with Gasteiger partial charge < -0.3 is 0 Å². The van der Waals surface area contributed by atoms with Gasteiger partial charge >= 0.3 is 6.18 Å². The quantitative estimate of drug-likeness (QED) is 0.649. The lowest BCUT2D eigenvalue weighted by Crippen LogP contribution is -2.12. The van der Waals surface area contributed by atoms with E-state index in [0.717, 1.165) is 12.8 Å². The number of alkyl halides is 3. The molecule has 1 aliphatic carbocycles. The van der Waals surface area contributed by atoms with Gasteiger partial charge in [0.15, 0.2) is 0 Å². The van der Waals surface area contributed by atoms with Gasteiger partial charge in [0.05, 0.1) is 6.42 Å². The molecule has 0 heterocycles. The third kappa shape index (κ3) is 3.62. The standard InChI is InChI=1S/C14H15F3/c15-14(16,17)10-11-6-8-13(9-7-11)12-4-2-1-3-5-12/h1-6,13H,7-10H2. The Morgan fingerprint density at radius 1 is 1.12 bits per heavy atom. The normalized spacial score (nSPS) is 21.1. The first-order valence-corrected chi connectivity index (χ1v) is 5.84. The average Bonchev–Trinajstić information content (AvgIpc) is 2.29. The van der Waals surface area contributed by atoms with Crippen LogP contribution in [0.25, 0.3) is 0 Å². The summed E-state index contributed by atoms with van der Waals surface area (Å²) in [5.74, 6) is 0.383. The third-order valence-electron chi connectivity index (χ3n) is 3.20. The lowest BCUT2D eigenvalue weighted by molar-refractivity contribution is -0.127. The lowest BCUT2D eigenvalue weighted by atomic mass is 9.84. The molecule has 0 radical (unpaired) electrons. The van der Waals surface area contributed by atoms with Gasteiger partial charge in [-0.3, -0.25) is 0 Å². The summed E-state index contributed by atoms with van der Waals surface area (Å²) < 4.78 is 36.7. The lowest BCUT2D eigenvalue weighted by Gasteiger charge is -2.22. The maximum absolute atomic E-state index is 12.2. The molecule has 0 amide bonds. The van der Waals surface area contributed by atoms with Gasteiger partial charge in [-0.25, -0.2) is 0 Å². The van der Waals surface area contributed by atoms with Crippen molar-refractivity contribution < 1.29 is 13.2 Å². The van der Waals surface area contributed by atoms with Crippen LogP contribution in [-0.2, 0) is 0 Å². The van der Waals surface area contributed by atoms with Crippen molar-refractivity contribution in [3.63, 3.8) is 0 Å². The maximum atomic E-state index is 12.2. The summed E-state index contributed by atoms with van der Waals surface area (Å²) in [5, 5.41) is 0. The van der Waals surface area contributed by atoms with E-state index >= 15 is 0 Å². The third-order valence-corrected chi connectivity index (χ3v) is 3.20. The Labute approximate surface area is 99.2 Å². The molecule has 17 heavy (non-hydrogen) atoms. The fourth-order valence-electron chi connectivity index (χ4n) is 2.33. The molecule has 0 aliphatic heterocycles. The van der Waals surface area contributed by atoms with E-state index in [2.05, 4.69) is 0 Å². The van der Waals surface area contributed by atoms with Gasteiger partial charge in [0, 0.05) is 0 Å². The molecule has 1 aromatic carbocycles. The Morgan fingerprint density at radius 2 is 1.82 bits per heavy atom. The SMILES string of the molecule is FC(F)(F)CC1=CCC(c2ccccc2)CC1. The molecular formula is C14H15F3. The van der Waals surface area contributed by atoms with Crippen LogP contribution in [0.1, 0.15) is 37.2 Å². The topological polar surface area (TPSA) is 0 Å². The van der Waals surface area contributed by atoms with Crippen LogP contribution in [0.2, 0.25) is 0 Å². The van der Waals surface area contributed by atoms with Crippen molar-refractivity contribution >= 4 is 0 Å². The zero-order chi connectivity index (χ0) is 12.3. The second kappa shape index (κ2) is 4.94. The van der Waals surface area contributed by atoms with Crippen molar-refractivity contribution in [3.05, 3.63) is 47.5 Å². The zero-order valence-electron chi connectivity index (χ0n) is 9.50. The van der Waals surface area contributed by atoms with Gasteiger partial charge in [-0.15, -0.1) is 0 Å². The summed E-state index contributed by atoms with van der Waals surface area (Å²) in [5.41, 5.74) is 1.78. The van der Waals surface area contributed by atoms with Crippen LogP contribution >= 0.6 is 0 Å².